The molecule has 4 aromatic rings. The summed E-state index contributed by atoms with van der Waals surface area (Å²) >= 11 is 6.17. The predicted molar refractivity (Wildman–Crippen MR) is 130 cm³/mol. The fraction of sp³-hybridized carbons (Fsp3) is 0.154. The molecule has 4 rings (SSSR count). The Labute approximate surface area is 219 Å². The summed E-state index contributed by atoms with van der Waals surface area (Å²) in [5.74, 6) is -2.58. The number of hydrogen-bond acceptors (Lipinski definition) is 6. The number of nitrogens with one attached hydrogen (secondary N) is 1. The van der Waals surface area contributed by atoms with Gasteiger partial charge in [0.1, 0.15) is 5.15 Å². The van der Waals surface area contributed by atoms with Crippen molar-refractivity contribution in [1.82, 2.24) is 15.3 Å². The van der Waals surface area contributed by atoms with Crippen LogP contribution in [0.2, 0.25) is 5.15 Å². The van der Waals surface area contributed by atoms with Crippen LogP contribution in [0.3, 0.4) is 0 Å². The lowest BCUT2D eigenvalue weighted by Crippen LogP contribution is -2.44. The lowest BCUT2D eigenvalue weighted by atomic mass is 10.1. The molecule has 0 saturated heterocycles. The highest BCUT2D eigenvalue weighted by molar-refractivity contribution is 6.32. The number of hydrogen-bond donors (Lipinski definition) is 2. The van der Waals surface area contributed by atoms with Crippen molar-refractivity contribution in [3.05, 3.63) is 94.9 Å². The zero-order chi connectivity index (χ0) is 27.3. The molecule has 0 fully saturated rings. The first-order chi connectivity index (χ1) is 18.1. The molecule has 2 aromatic carbocycles. The molecule has 2 aromatic heterocycles. The van der Waals surface area contributed by atoms with Crippen molar-refractivity contribution in [2.45, 2.75) is 18.8 Å². The third-order valence-corrected chi connectivity index (χ3v) is 5.61. The third kappa shape index (κ3) is 6.36. The van der Waals surface area contributed by atoms with E-state index in [0.29, 0.717) is 0 Å². The number of carboxylic acids is 1. The number of benzene rings is 2. The van der Waals surface area contributed by atoms with Crippen LogP contribution in [0.4, 0.5) is 13.2 Å². The number of carbonyl (C=O) groups excluding carboxylic acids is 1. The summed E-state index contributed by atoms with van der Waals surface area (Å²) in [5.41, 5.74) is -0.0594. The summed E-state index contributed by atoms with van der Waals surface area (Å²) < 4.78 is 50.1. The molecule has 0 aliphatic carbocycles. The molecule has 0 unspecified atom stereocenters. The SMILES string of the molecule is O=C(N[C@@H](COCc1ccccc1)C(=O)O)c1nc(-c2ccc(C(F)(F)F)cc2)oc1-c1cccnc1Cl. The Kier molecular flexibility index (Phi) is 8.08. The van der Waals surface area contributed by atoms with Crippen molar-refractivity contribution >= 4 is 23.5 Å². The number of aromatic nitrogens is 2. The van der Waals surface area contributed by atoms with Gasteiger partial charge in [-0.15, -0.1) is 0 Å². The van der Waals surface area contributed by atoms with Gasteiger partial charge in [-0.1, -0.05) is 41.9 Å². The molecular weight excluding hydrogens is 527 g/mol. The van der Waals surface area contributed by atoms with Crippen LogP contribution in [-0.2, 0) is 22.3 Å². The molecule has 2 heterocycles. The van der Waals surface area contributed by atoms with E-state index in [9.17, 15) is 27.9 Å². The monoisotopic (exact) mass is 545 g/mol. The van der Waals surface area contributed by atoms with Gasteiger partial charge in [-0.2, -0.15) is 13.2 Å². The fourth-order valence-electron chi connectivity index (χ4n) is 3.41. The summed E-state index contributed by atoms with van der Waals surface area (Å²) in [4.78, 5) is 33.1. The van der Waals surface area contributed by atoms with Crippen LogP contribution in [0.5, 0.6) is 0 Å². The van der Waals surface area contributed by atoms with E-state index in [4.69, 9.17) is 20.8 Å². The third-order valence-electron chi connectivity index (χ3n) is 5.30. The van der Waals surface area contributed by atoms with E-state index in [2.05, 4.69) is 15.3 Å². The van der Waals surface area contributed by atoms with Gasteiger partial charge in [0.2, 0.25) is 5.89 Å². The first-order valence-corrected chi connectivity index (χ1v) is 11.5. The van der Waals surface area contributed by atoms with Crippen LogP contribution >= 0.6 is 11.6 Å². The molecular formula is C26H19ClF3N3O5. The van der Waals surface area contributed by atoms with Gasteiger partial charge >= 0.3 is 12.1 Å². The van der Waals surface area contributed by atoms with Crippen molar-refractivity contribution in [1.29, 1.82) is 0 Å². The second-order valence-corrected chi connectivity index (χ2v) is 8.34. The zero-order valence-electron chi connectivity index (χ0n) is 19.4. The standard InChI is InChI=1S/C26H19ClF3N3O5/c27-22-18(7-4-12-31-22)21-20(33-24(38-21)16-8-10-17(11-9-16)26(28,29)30)23(34)32-19(25(35)36)14-37-13-15-5-2-1-3-6-15/h1-12,19H,13-14H2,(H,32,34)(H,35,36)/t19-/m0/s1. The zero-order valence-corrected chi connectivity index (χ0v) is 20.2. The number of amides is 1. The van der Waals surface area contributed by atoms with Crippen molar-refractivity contribution in [2.75, 3.05) is 6.61 Å². The lowest BCUT2D eigenvalue weighted by molar-refractivity contribution is -0.141. The number of alkyl halides is 3. The number of carbonyl (C=O) groups is 2. The first kappa shape index (κ1) is 26.8. The number of nitrogens with zero attached hydrogens (tertiary/aromatic N) is 2. The summed E-state index contributed by atoms with van der Waals surface area (Å²) in [7, 11) is 0. The minimum absolute atomic E-state index is 0.0300. The maximum absolute atomic E-state index is 13.2. The van der Waals surface area contributed by atoms with Gasteiger partial charge in [-0.3, -0.25) is 4.79 Å². The summed E-state index contributed by atoms with van der Waals surface area (Å²) in [5, 5.41) is 11.9. The number of halogens is 4. The van der Waals surface area contributed by atoms with E-state index >= 15 is 0 Å². The van der Waals surface area contributed by atoms with Crippen LogP contribution in [0.1, 0.15) is 21.6 Å². The lowest BCUT2D eigenvalue weighted by Gasteiger charge is -2.14. The number of aliphatic carboxylic acids is 1. The summed E-state index contributed by atoms with van der Waals surface area (Å²) in [6, 6.07) is 14.6. The molecule has 196 valence electrons. The predicted octanol–water partition coefficient (Wildman–Crippen LogP) is 5.48. The Morgan fingerprint density at radius 2 is 1.76 bits per heavy atom. The highest BCUT2D eigenvalue weighted by Gasteiger charge is 2.31. The molecule has 0 radical (unpaired) electrons. The first-order valence-electron chi connectivity index (χ1n) is 11.1. The fourth-order valence-corrected chi connectivity index (χ4v) is 3.61. The van der Waals surface area contributed by atoms with Crippen LogP contribution in [0, 0.1) is 0 Å². The Hall–Kier alpha value is -4.22. The number of oxazole rings is 1. The van der Waals surface area contributed by atoms with E-state index < -0.39 is 29.7 Å². The number of carboxylic acid groups (broad SMARTS) is 1. The highest BCUT2D eigenvalue weighted by atomic mass is 35.5. The molecule has 1 amide bonds. The Morgan fingerprint density at radius 1 is 1.05 bits per heavy atom. The van der Waals surface area contributed by atoms with E-state index in [-0.39, 0.29) is 46.8 Å². The van der Waals surface area contributed by atoms with Gasteiger partial charge in [0, 0.05) is 11.8 Å². The van der Waals surface area contributed by atoms with Gasteiger partial charge < -0.3 is 19.6 Å². The molecule has 38 heavy (non-hydrogen) atoms. The quantitative estimate of drug-likeness (QED) is 0.268. The van der Waals surface area contributed by atoms with Crippen molar-refractivity contribution in [2.24, 2.45) is 0 Å². The molecule has 0 aliphatic rings. The summed E-state index contributed by atoms with van der Waals surface area (Å²) in [6.45, 7) is -0.221. The van der Waals surface area contributed by atoms with Crippen molar-refractivity contribution < 1.29 is 37.0 Å². The molecule has 12 heteroatoms. The van der Waals surface area contributed by atoms with Crippen LogP contribution < -0.4 is 5.32 Å². The molecule has 1 atom stereocenters. The average molecular weight is 546 g/mol. The minimum Gasteiger partial charge on any atom is -0.480 e. The second-order valence-electron chi connectivity index (χ2n) is 7.98. The Bertz CT molecular complexity index is 1430. The van der Waals surface area contributed by atoms with E-state index in [0.717, 1.165) is 29.8 Å². The smallest absolute Gasteiger partial charge is 0.416 e. The normalized spacial score (nSPS) is 12.2. The average Bonchev–Trinajstić information content (AvgIpc) is 3.34. The van der Waals surface area contributed by atoms with E-state index in [1.165, 1.54) is 18.3 Å². The maximum Gasteiger partial charge on any atom is 0.416 e. The van der Waals surface area contributed by atoms with Gasteiger partial charge in [0.15, 0.2) is 17.5 Å². The van der Waals surface area contributed by atoms with Gasteiger partial charge in [0.05, 0.1) is 24.3 Å². The van der Waals surface area contributed by atoms with E-state index in [1.54, 1.807) is 24.3 Å². The van der Waals surface area contributed by atoms with Gasteiger partial charge in [-0.25, -0.2) is 14.8 Å². The highest BCUT2D eigenvalue weighted by Crippen LogP contribution is 2.35. The Morgan fingerprint density at radius 3 is 2.39 bits per heavy atom. The van der Waals surface area contributed by atoms with Crippen LogP contribution in [0.25, 0.3) is 22.8 Å². The number of rotatable bonds is 9. The topological polar surface area (TPSA) is 115 Å². The minimum atomic E-state index is -4.54. The van der Waals surface area contributed by atoms with E-state index in [1.807, 2.05) is 6.07 Å². The molecule has 0 saturated carbocycles. The van der Waals surface area contributed by atoms with Gasteiger partial charge in [0.25, 0.3) is 5.91 Å². The molecule has 0 spiro atoms. The largest absolute Gasteiger partial charge is 0.480 e. The van der Waals surface area contributed by atoms with Crippen molar-refractivity contribution in [3.8, 4) is 22.8 Å². The second kappa shape index (κ2) is 11.4. The summed E-state index contributed by atoms with van der Waals surface area (Å²) in [6.07, 6.45) is -3.13. The maximum atomic E-state index is 13.2. The van der Waals surface area contributed by atoms with Gasteiger partial charge in [-0.05, 0) is 42.0 Å². The molecule has 2 N–H and O–H groups in total. The van der Waals surface area contributed by atoms with Crippen molar-refractivity contribution in [3.63, 3.8) is 0 Å². The Balaban J connectivity index is 1.61. The number of ether oxygens (including phenoxy) is 1. The molecule has 0 aliphatic heterocycles. The van der Waals surface area contributed by atoms with Crippen LogP contribution in [0.15, 0.2) is 77.3 Å². The molecule has 0 bridgehead atoms. The molecule has 8 nitrogen and oxygen atoms in total. The van der Waals surface area contributed by atoms with Crippen LogP contribution in [-0.4, -0.2) is 39.6 Å². The number of pyridine rings is 1.